The molecule has 2 aliphatic heterocycles. The first-order valence-corrected chi connectivity index (χ1v) is 21.1. The molecule has 308 valence electrons. The van der Waals surface area contributed by atoms with Gasteiger partial charge in [-0.25, -0.2) is 53.6 Å². The van der Waals surface area contributed by atoms with Gasteiger partial charge >= 0.3 is 34.1 Å². The number of H-pyrrole nitrogens is 1. The molecule has 0 saturated carbocycles. The van der Waals surface area contributed by atoms with Gasteiger partial charge in [-0.1, -0.05) is 72.8 Å². The van der Waals surface area contributed by atoms with Crippen molar-refractivity contribution in [2.75, 3.05) is 0 Å². The zero-order valence-electron chi connectivity index (χ0n) is 28.7. The second kappa shape index (κ2) is 14.6. The zero-order chi connectivity index (χ0) is 39.7. The third kappa shape index (κ3) is 7.00. The van der Waals surface area contributed by atoms with Crippen LogP contribution in [0.2, 0.25) is 0 Å². The third-order valence-electron chi connectivity index (χ3n) is 8.75. The first-order chi connectivity index (χ1) is 26.3. The Bertz CT molecular complexity index is 3390. The van der Waals surface area contributed by atoms with E-state index in [0.717, 1.165) is 0 Å². The van der Waals surface area contributed by atoms with Gasteiger partial charge in [0.15, 0.2) is 11.6 Å². The van der Waals surface area contributed by atoms with E-state index in [0.29, 0.717) is 21.9 Å². The van der Waals surface area contributed by atoms with Crippen molar-refractivity contribution < 1.29 is 86.0 Å². The fraction of sp³-hybridized carbons (Fsp3) is 0. The molecular weight excluding hydrogens is 958 g/mol. The molecule has 0 saturated heterocycles. The number of fused-ring (bicyclic) bond motifs is 20. The van der Waals surface area contributed by atoms with E-state index in [1.54, 1.807) is 60.7 Å². The van der Waals surface area contributed by atoms with Gasteiger partial charge in [-0.2, -0.15) is 0 Å². The molecule has 0 unspecified atom stereocenters. The Balaban J connectivity index is 0.00000195. The van der Waals surface area contributed by atoms with Gasteiger partial charge in [0.25, 0.3) is 0 Å². The number of rotatable bonds is 4. The van der Waals surface area contributed by atoms with Crippen LogP contribution in [0.4, 0.5) is 0 Å². The standard InChI is InChI=1S/C32H17N8O12S4.2Cu.H3N/c41-53(42,43)21-19-20(22(54(44,45)46)24(56(50,51)52)23(21)55(47,48)49)32-39-30-18-12-6-4-10-16(18)28(37-30)35-26-14-8-2-1-7-13(14)25(33-26)34-27-15-9-3-5-11-17(15)29(36-27)38-31(19)40-32;;;/h1-12H,(H5-,33,34,35,36,37,38,39,40,41,42,43,44,45,46,47,48,49,50,51,52);;;1H3/q-1;2*+2;/p-3. The van der Waals surface area contributed by atoms with E-state index in [-0.39, 0.29) is 86.0 Å². The molecule has 0 fully saturated rings. The van der Waals surface area contributed by atoms with Gasteiger partial charge in [-0.15, -0.1) is 0 Å². The number of aromatic nitrogens is 8. The van der Waals surface area contributed by atoms with Gasteiger partial charge in [0.05, 0.1) is 31.2 Å². The van der Waals surface area contributed by atoms with Crippen LogP contribution in [0, 0.1) is 0 Å². The van der Waals surface area contributed by atoms with Gasteiger partial charge < -0.3 is 44.3 Å². The molecule has 8 bridgehead atoms. The molecule has 59 heavy (non-hydrogen) atoms. The van der Waals surface area contributed by atoms with Crippen LogP contribution in [0.1, 0.15) is 0 Å². The fourth-order valence-corrected chi connectivity index (χ4v) is 11.5. The summed E-state index contributed by atoms with van der Waals surface area (Å²) in [6, 6.07) is 19.4. The fourth-order valence-electron chi connectivity index (χ4n) is 6.65. The first kappa shape index (κ1) is 43.5. The van der Waals surface area contributed by atoms with Crippen LogP contribution in [0.15, 0.2) is 92.4 Å². The summed E-state index contributed by atoms with van der Waals surface area (Å²) in [4.78, 5) is 24.3. The number of nitrogens with one attached hydrogen (secondary N) is 1. The Morgan fingerprint density at radius 2 is 0.712 bits per heavy atom. The van der Waals surface area contributed by atoms with E-state index in [1.165, 1.54) is 12.1 Å². The monoisotopic (exact) mass is 973 g/mol. The number of quaternary nitrogens is 1. The molecule has 5 heterocycles. The van der Waals surface area contributed by atoms with E-state index in [9.17, 15) is 51.9 Å². The Hall–Kier alpha value is -5.12. The Morgan fingerprint density at radius 1 is 0.424 bits per heavy atom. The minimum atomic E-state index is -6.60. The van der Waals surface area contributed by atoms with E-state index in [1.807, 2.05) is 0 Å². The molecule has 21 nitrogen and oxygen atoms in total. The summed E-state index contributed by atoms with van der Waals surface area (Å²) < 4.78 is 154. The molecule has 0 atom stereocenters. The van der Waals surface area contributed by atoms with Crippen molar-refractivity contribution in [2.45, 2.75) is 19.6 Å². The second-order valence-electron chi connectivity index (χ2n) is 12.1. The molecule has 5 N–H and O–H groups in total. The summed E-state index contributed by atoms with van der Waals surface area (Å²) in [6.45, 7) is 0. The number of hydrogen-bond donors (Lipinski definition) is 2. The van der Waals surface area contributed by atoms with Gasteiger partial charge in [0.1, 0.15) is 51.8 Å². The predicted octanol–water partition coefficient (Wildman–Crippen LogP) is 2.49. The largest absolute Gasteiger partial charge is 2.00 e. The maximum Gasteiger partial charge on any atom is 2.00 e. The van der Waals surface area contributed by atoms with Crippen LogP contribution in [-0.4, -0.2) is 86.8 Å². The maximum atomic E-state index is 13.0. The van der Waals surface area contributed by atoms with Crippen molar-refractivity contribution in [3.05, 3.63) is 72.8 Å². The predicted molar refractivity (Wildman–Crippen MR) is 193 cm³/mol. The molecule has 4 aromatic carbocycles. The maximum absolute atomic E-state index is 13.0. The van der Waals surface area contributed by atoms with Crippen molar-refractivity contribution >= 4 is 84.6 Å². The molecule has 7 aromatic rings. The van der Waals surface area contributed by atoms with Gasteiger partial charge in [0.2, 0.25) is 0 Å². The number of aromatic amines is 1. The smallest absolute Gasteiger partial charge is 0.744 e. The summed E-state index contributed by atoms with van der Waals surface area (Å²) in [5.74, 6) is -0.727. The molecule has 0 amide bonds. The average molecular weight is 975 g/mol. The Morgan fingerprint density at radius 3 is 1.02 bits per heavy atom. The molecule has 0 spiro atoms. The molecule has 27 heteroatoms. The van der Waals surface area contributed by atoms with Crippen LogP contribution in [0.5, 0.6) is 0 Å². The third-order valence-corrected chi connectivity index (χ3v) is 12.8. The molecule has 3 aromatic heterocycles. The summed E-state index contributed by atoms with van der Waals surface area (Å²) in [5, 5.41) is -1.68. The average Bonchev–Trinajstić information content (AvgIpc) is 3.84. The van der Waals surface area contributed by atoms with E-state index in [4.69, 9.17) is 0 Å². The molecule has 2 radical (unpaired) electrons. The summed E-state index contributed by atoms with van der Waals surface area (Å²) in [5.41, 5.74) is -0.617. The van der Waals surface area contributed by atoms with Crippen molar-refractivity contribution in [3.8, 4) is 45.6 Å². The summed E-state index contributed by atoms with van der Waals surface area (Å²) in [6.07, 6.45) is 0. The van der Waals surface area contributed by atoms with E-state index >= 15 is 0 Å². The molecule has 2 aliphatic rings. The van der Waals surface area contributed by atoms with E-state index in [2.05, 4.69) is 39.9 Å². The van der Waals surface area contributed by atoms with Crippen molar-refractivity contribution in [2.24, 2.45) is 0 Å². The number of hydrogen-bond acceptors (Lipinski definition) is 18. The van der Waals surface area contributed by atoms with Crippen LogP contribution in [0.25, 0.3) is 89.7 Å². The van der Waals surface area contributed by atoms with Crippen LogP contribution < -0.4 is 11.1 Å². The Kier molecular flexibility index (Phi) is 10.7. The van der Waals surface area contributed by atoms with Crippen molar-refractivity contribution in [1.29, 1.82) is 0 Å². The molecule has 9 rings (SSSR count). The number of benzene rings is 4. The minimum Gasteiger partial charge on any atom is -0.744 e. The van der Waals surface area contributed by atoms with Gasteiger partial charge in [-0.05, 0) is 10.8 Å². The van der Waals surface area contributed by atoms with Crippen LogP contribution in [-0.2, 0) is 74.6 Å². The first-order valence-electron chi connectivity index (χ1n) is 15.4. The van der Waals surface area contributed by atoms with Crippen LogP contribution in [0.3, 0.4) is 0 Å². The van der Waals surface area contributed by atoms with Crippen LogP contribution >= 0.6 is 0 Å². The summed E-state index contributed by atoms with van der Waals surface area (Å²) in [7, 11) is -26.0. The van der Waals surface area contributed by atoms with Gasteiger partial charge in [-0.3, -0.25) is 0 Å². The summed E-state index contributed by atoms with van der Waals surface area (Å²) >= 11 is 0. The molecular formula is C32H17Cu2N9O12S4. The minimum absolute atomic E-state index is 0. The second-order valence-corrected chi connectivity index (χ2v) is 17.3. The zero-order valence-corrected chi connectivity index (χ0v) is 33.8. The Labute approximate surface area is 352 Å². The van der Waals surface area contributed by atoms with Crippen molar-refractivity contribution in [3.63, 3.8) is 0 Å². The SMILES string of the molecule is O=S(=O)([O-])c1c(S(=O)(=O)[O-])c(S(=O)(=O)[O-])c2c3nc4nc(nc5[n-]c(nc6nc(nc([nH]3)c2c1S(=O)(=O)[O-])-c1ccccc1-6)c1ccccc51)-c1ccccc1-4.[Cu+2].[Cu+2].[NH4+]. The normalized spacial score (nSPS) is 12.5. The quantitative estimate of drug-likeness (QED) is 0.189. The topological polar surface area (TPSA) is 373 Å². The van der Waals surface area contributed by atoms with Crippen molar-refractivity contribution in [1.82, 2.24) is 46.0 Å². The molecule has 0 aliphatic carbocycles. The number of nitrogens with zero attached hydrogens (tertiary/aromatic N) is 7. The van der Waals surface area contributed by atoms with Gasteiger partial charge in [0, 0.05) is 44.3 Å². The van der Waals surface area contributed by atoms with E-state index < -0.39 is 82.1 Å².